The number of carbonyl (C=O) groups excluding carboxylic acids is 1. The van der Waals surface area contributed by atoms with Crippen molar-refractivity contribution in [3.63, 3.8) is 0 Å². The number of hydrogen-bond donors (Lipinski definition) is 1. The summed E-state index contributed by atoms with van der Waals surface area (Å²) >= 11 is 3.54. The summed E-state index contributed by atoms with van der Waals surface area (Å²) in [7, 11) is 0. The lowest BCUT2D eigenvalue weighted by molar-refractivity contribution is 0.0692. The first-order chi connectivity index (χ1) is 18.0. The highest BCUT2D eigenvalue weighted by molar-refractivity contribution is 9.10. The lowest BCUT2D eigenvalue weighted by atomic mass is 9.92. The lowest BCUT2D eigenvalue weighted by Crippen LogP contribution is -2.26. The maximum absolute atomic E-state index is 13.9. The fourth-order valence-electron chi connectivity index (χ4n) is 4.75. The van der Waals surface area contributed by atoms with Crippen molar-refractivity contribution in [1.82, 2.24) is 9.99 Å². The maximum Gasteiger partial charge on any atom is 0.274 e. The molecule has 0 bridgehead atoms. The number of hydrazone groups is 1. The highest BCUT2D eigenvalue weighted by atomic mass is 79.9. The van der Waals surface area contributed by atoms with Crippen molar-refractivity contribution < 1.29 is 13.6 Å². The van der Waals surface area contributed by atoms with Crippen LogP contribution in [0, 0.1) is 5.82 Å². The number of nitrogens with one attached hydrogen (secondary N) is 1. The minimum atomic E-state index is -0.595. The Bertz CT molecular complexity index is 1730. The quantitative estimate of drug-likeness (QED) is 0.268. The number of hydrogen-bond acceptors (Lipinski definition) is 4. The Hall–Kier alpha value is -4.30. The first-order valence-corrected chi connectivity index (χ1v) is 12.4. The highest BCUT2D eigenvalue weighted by Crippen LogP contribution is 2.38. The number of nitrogens with zero attached hydrogens (tertiary/aromatic N) is 2. The van der Waals surface area contributed by atoms with Crippen LogP contribution in [-0.2, 0) is 0 Å². The lowest BCUT2D eigenvalue weighted by Gasteiger charge is -2.19. The molecule has 0 saturated heterocycles. The Morgan fingerprint density at radius 3 is 2.59 bits per heavy atom. The van der Waals surface area contributed by atoms with Crippen LogP contribution in [0.5, 0.6) is 0 Å². The number of aromatic amines is 1. The Labute approximate surface area is 219 Å². The molecule has 1 amide bonds. The van der Waals surface area contributed by atoms with Crippen molar-refractivity contribution in [2.45, 2.75) is 12.5 Å². The van der Waals surface area contributed by atoms with Crippen molar-refractivity contribution in [1.29, 1.82) is 0 Å². The van der Waals surface area contributed by atoms with Crippen LogP contribution < -0.4 is 5.56 Å². The fraction of sp³-hybridized carbons (Fsp3) is 0.0690. The average molecular weight is 556 g/mol. The van der Waals surface area contributed by atoms with Crippen molar-refractivity contribution in [3.8, 4) is 11.1 Å². The number of fused-ring (bicyclic) bond motifs is 1. The third-order valence-electron chi connectivity index (χ3n) is 6.39. The van der Waals surface area contributed by atoms with Crippen LogP contribution in [0.15, 0.2) is 110 Å². The number of benzene rings is 3. The first kappa shape index (κ1) is 23.1. The van der Waals surface area contributed by atoms with Crippen LogP contribution in [0.1, 0.15) is 34.1 Å². The van der Waals surface area contributed by atoms with E-state index in [1.54, 1.807) is 12.1 Å². The number of pyridine rings is 1. The number of aromatic nitrogens is 1. The van der Waals surface area contributed by atoms with E-state index in [0.717, 1.165) is 21.0 Å². The molecule has 1 atom stereocenters. The smallest absolute Gasteiger partial charge is 0.274 e. The minimum absolute atomic E-state index is 0.154. The predicted octanol–water partition coefficient (Wildman–Crippen LogP) is 6.68. The molecule has 1 aliphatic heterocycles. The van der Waals surface area contributed by atoms with E-state index in [-0.39, 0.29) is 17.5 Å². The van der Waals surface area contributed by atoms with Crippen LogP contribution >= 0.6 is 15.9 Å². The van der Waals surface area contributed by atoms with Gasteiger partial charge in [-0.05, 0) is 54.1 Å². The second kappa shape index (κ2) is 9.29. The summed E-state index contributed by atoms with van der Waals surface area (Å²) in [6.07, 6.45) is 1.77. The molecule has 182 valence electrons. The second-order valence-corrected chi connectivity index (χ2v) is 9.62. The third kappa shape index (κ3) is 4.19. The molecule has 3 aromatic carbocycles. The molecule has 6 nitrogen and oxygen atoms in total. The van der Waals surface area contributed by atoms with Crippen LogP contribution in [0.3, 0.4) is 0 Å². The van der Waals surface area contributed by atoms with Crippen molar-refractivity contribution in [3.05, 3.63) is 129 Å². The molecule has 1 aliphatic rings. The largest absolute Gasteiger partial charge is 0.467 e. The number of rotatable bonds is 4. The Morgan fingerprint density at radius 1 is 1.00 bits per heavy atom. The molecule has 1 N–H and O–H groups in total. The maximum atomic E-state index is 13.9. The van der Waals surface area contributed by atoms with Gasteiger partial charge in [0.05, 0.1) is 17.5 Å². The molecule has 0 spiro atoms. The van der Waals surface area contributed by atoms with E-state index < -0.39 is 17.8 Å². The van der Waals surface area contributed by atoms with E-state index in [1.807, 2.05) is 48.5 Å². The van der Waals surface area contributed by atoms with E-state index >= 15 is 0 Å². The van der Waals surface area contributed by atoms with Gasteiger partial charge in [0.25, 0.3) is 11.5 Å². The summed E-state index contributed by atoms with van der Waals surface area (Å²) in [4.78, 5) is 30.0. The van der Waals surface area contributed by atoms with Gasteiger partial charge in [-0.1, -0.05) is 52.3 Å². The number of carbonyl (C=O) groups is 1. The first-order valence-electron chi connectivity index (χ1n) is 11.6. The molecule has 5 aromatic rings. The Kier molecular flexibility index (Phi) is 5.81. The molecule has 2 aromatic heterocycles. The second-order valence-electron chi connectivity index (χ2n) is 8.70. The summed E-state index contributed by atoms with van der Waals surface area (Å²) in [5.41, 5.74) is 2.91. The van der Waals surface area contributed by atoms with Crippen LogP contribution in [-0.4, -0.2) is 21.6 Å². The zero-order valence-corrected chi connectivity index (χ0v) is 20.9. The van der Waals surface area contributed by atoms with Crippen LogP contribution in [0.25, 0.3) is 22.0 Å². The van der Waals surface area contributed by atoms with Crippen LogP contribution in [0.2, 0.25) is 0 Å². The number of halogens is 2. The molecule has 3 heterocycles. The molecule has 6 rings (SSSR count). The van der Waals surface area contributed by atoms with Gasteiger partial charge in [0, 0.05) is 32.9 Å². The van der Waals surface area contributed by atoms with Crippen molar-refractivity contribution in [2.75, 3.05) is 0 Å². The molecule has 8 heteroatoms. The van der Waals surface area contributed by atoms with E-state index in [1.165, 1.54) is 35.5 Å². The monoisotopic (exact) mass is 555 g/mol. The Balaban J connectivity index is 1.57. The van der Waals surface area contributed by atoms with Gasteiger partial charge in [-0.2, -0.15) is 5.10 Å². The fourth-order valence-corrected chi connectivity index (χ4v) is 5.11. The molecular formula is C29H19BrFN3O3. The molecular weight excluding hydrogens is 537 g/mol. The van der Waals surface area contributed by atoms with Gasteiger partial charge in [0.1, 0.15) is 17.6 Å². The molecule has 0 unspecified atom stereocenters. The van der Waals surface area contributed by atoms with E-state index in [4.69, 9.17) is 4.42 Å². The van der Waals surface area contributed by atoms with Crippen LogP contribution in [0.4, 0.5) is 4.39 Å². The summed E-state index contributed by atoms with van der Waals surface area (Å²) in [5, 5.41) is 6.78. The SMILES string of the molecule is O=C(c1cccc(F)c1)N1N=C(c2c(-c3ccccc3)c3cc(Br)ccc3[nH]c2=O)C[C@@H]1c1ccco1. The topological polar surface area (TPSA) is 78.7 Å². The molecule has 0 saturated carbocycles. The third-order valence-corrected chi connectivity index (χ3v) is 6.88. The highest BCUT2D eigenvalue weighted by Gasteiger charge is 2.37. The number of amides is 1. The van der Waals surface area contributed by atoms with Gasteiger partial charge >= 0.3 is 0 Å². The molecule has 0 fully saturated rings. The van der Waals surface area contributed by atoms with Gasteiger partial charge in [-0.15, -0.1) is 0 Å². The van der Waals surface area contributed by atoms with E-state index in [2.05, 4.69) is 26.0 Å². The predicted molar refractivity (Wildman–Crippen MR) is 143 cm³/mol. The molecule has 0 radical (unpaired) electrons. The minimum Gasteiger partial charge on any atom is -0.467 e. The van der Waals surface area contributed by atoms with Gasteiger partial charge < -0.3 is 9.40 Å². The average Bonchev–Trinajstić information content (AvgIpc) is 3.59. The summed E-state index contributed by atoms with van der Waals surface area (Å²) in [6, 6.07) is 23.6. The zero-order valence-electron chi connectivity index (χ0n) is 19.3. The summed E-state index contributed by atoms with van der Waals surface area (Å²) in [5.74, 6) is -0.492. The van der Waals surface area contributed by atoms with Crippen molar-refractivity contribution >= 4 is 38.5 Å². The number of H-pyrrole nitrogens is 1. The number of furan rings is 1. The normalized spacial score (nSPS) is 15.2. The van der Waals surface area contributed by atoms with Crippen molar-refractivity contribution in [2.24, 2.45) is 5.10 Å². The van der Waals surface area contributed by atoms with Gasteiger partial charge in [-0.25, -0.2) is 9.40 Å². The van der Waals surface area contributed by atoms with Gasteiger partial charge in [0.2, 0.25) is 0 Å². The van der Waals surface area contributed by atoms with E-state index in [0.29, 0.717) is 22.6 Å². The van der Waals surface area contributed by atoms with Gasteiger partial charge in [-0.3, -0.25) is 9.59 Å². The summed E-state index contributed by atoms with van der Waals surface area (Å²) in [6.45, 7) is 0. The molecule has 0 aliphatic carbocycles. The Morgan fingerprint density at radius 2 is 1.84 bits per heavy atom. The summed E-state index contributed by atoms with van der Waals surface area (Å²) < 4.78 is 20.4. The molecule has 37 heavy (non-hydrogen) atoms. The standard InChI is InChI=1S/C29H19BrFN3O3/c30-19-11-12-22-21(15-19)26(17-6-2-1-3-7-17)27(28(35)32-22)23-16-24(25-10-5-13-37-25)34(33-23)29(36)18-8-4-9-20(31)14-18/h1-15,24H,16H2,(H,32,35)/t24-/m1/s1. The zero-order chi connectivity index (χ0) is 25.5. The van der Waals surface area contributed by atoms with Gasteiger partial charge in [0.15, 0.2) is 0 Å². The van der Waals surface area contributed by atoms with E-state index in [9.17, 15) is 14.0 Å².